The maximum atomic E-state index is 6.00. The van der Waals surface area contributed by atoms with Gasteiger partial charge in [0.15, 0.2) is 0 Å². The van der Waals surface area contributed by atoms with Crippen molar-refractivity contribution in [1.82, 2.24) is 4.90 Å². The van der Waals surface area contributed by atoms with Gasteiger partial charge in [0.2, 0.25) is 0 Å². The van der Waals surface area contributed by atoms with Crippen molar-refractivity contribution in [1.29, 1.82) is 0 Å². The summed E-state index contributed by atoms with van der Waals surface area (Å²) < 4.78 is 1.13. The summed E-state index contributed by atoms with van der Waals surface area (Å²) in [4.78, 5) is 2.28. The standard InChI is InChI=1S/C15H25BrN2/c1-10(2)14(9-17)15(18(4)5)13-8-12(16)7-6-11(13)3/h6-8,10,14-15H,9,17H2,1-5H3. The van der Waals surface area contributed by atoms with Gasteiger partial charge in [-0.25, -0.2) is 0 Å². The van der Waals surface area contributed by atoms with Crippen LogP contribution in [0.25, 0.3) is 0 Å². The molecule has 0 aliphatic heterocycles. The minimum atomic E-state index is 0.368. The lowest BCUT2D eigenvalue weighted by atomic mass is 9.82. The van der Waals surface area contributed by atoms with E-state index in [-0.39, 0.29) is 0 Å². The second-order valence-electron chi connectivity index (χ2n) is 5.55. The summed E-state index contributed by atoms with van der Waals surface area (Å²) in [6.45, 7) is 7.39. The van der Waals surface area contributed by atoms with Gasteiger partial charge >= 0.3 is 0 Å². The second kappa shape index (κ2) is 6.69. The van der Waals surface area contributed by atoms with Crippen LogP contribution in [-0.4, -0.2) is 25.5 Å². The smallest absolute Gasteiger partial charge is 0.0387 e. The van der Waals surface area contributed by atoms with Crippen LogP contribution >= 0.6 is 15.9 Å². The Morgan fingerprint density at radius 1 is 1.28 bits per heavy atom. The predicted octanol–water partition coefficient (Wildman–Crippen LogP) is 3.59. The molecular formula is C15H25BrN2. The Kier molecular flexibility index (Phi) is 5.83. The third-order valence-electron chi connectivity index (χ3n) is 3.65. The Labute approximate surface area is 120 Å². The van der Waals surface area contributed by atoms with Gasteiger partial charge in [0, 0.05) is 10.5 Å². The molecule has 0 aliphatic rings. The van der Waals surface area contributed by atoms with E-state index in [0.29, 0.717) is 24.4 Å². The average molecular weight is 313 g/mol. The fraction of sp³-hybridized carbons (Fsp3) is 0.600. The molecule has 0 spiro atoms. The third-order valence-corrected chi connectivity index (χ3v) is 4.14. The molecule has 2 atom stereocenters. The summed E-state index contributed by atoms with van der Waals surface area (Å²) >= 11 is 3.57. The van der Waals surface area contributed by atoms with Crippen molar-refractivity contribution in [2.24, 2.45) is 17.6 Å². The molecule has 2 N–H and O–H groups in total. The first-order valence-electron chi connectivity index (χ1n) is 6.51. The van der Waals surface area contributed by atoms with Gasteiger partial charge < -0.3 is 10.6 Å². The summed E-state index contributed by atoms with van der Waals surface area (Å²) in [6, 6.07) is 6.86. The summed E-state index contributed by atoms with van der Waals surface area (Å²) in [7, 11) is 4.27. The van der Waals surface area contributed by atoms with Crippen LogP contribution in [0.15, 0.2) is 22.7 Å². The van der Waals surface area contributed by atoms with E-state index in [4.69, 9.17) is 5.73 Å². The summed E-state index contributed by atoms with van der Waals surface area (Å²) in [5, 5.41) is 0. The van der Waals surface area contributed by atoms with Crippen LogP contribution in [0.2, 0.25) is 0 Å². The zero-order valence-electron chi connectivity index (χ0n) is 12.1. The summed E-state index contributed by atoms with van der Waals surface area (Å²) in [5.41, 5.74) is 8.70. The maximum absolute atomic E-state index is 6.00. The monoisotopic (exact) mass is 312 g/mol. The molecule has 1 aromatic rings. The minimum absolute atomic E-state index is 0.368. The van der Waals surface area contributed by atoms with Crippen molar-refractivity contribution in [2.75, 3.05) is 20.6 Å². The first-order chi connectivity index (χ1) is 8.38. The molecule has 0 bridgehead atoms. The normalized spacial score (nSPS) is 15.2. The van der Waals surface area contributed by atoms with E-state index in [1.165, 1.54) is 11.1 Å². The Bertz CT molecular complexity index is 388. The lowest BCUT2D eigenvalue weighted by Crippen LogP contribution is -2.35. The molecule has 0 aliphatic carbocycles. The first kappa shape index (κ1) is 15.7. The van der Waals surface area contributed by atoms with Gasteiger partial charge in [-0.15, -0.1) is 0 Å². The molecule has 0 saturated heterocycles. The zero-order valence-corrected chi connectivity index (χ0v) is 13.7. The van der Waals surface area contributed by atoms with Crippen molar-refractivity contribution in [3.8, 4) is 0 Å². The van der Waals surface area contributed by atoms with Crippen LogP contribution in [0, 0.1) is 18.8 Å². The Hall–Kier alpha value is -0.380. The van der Waals surface area contributed by atoms with Crippen LogP contribution in [0.5, 0.6) is 0 Å². The van der Waals surface area contributed by atoms with E-state index in [0.717, 1.165) is 4.47 Å². The molecule has 0 saturated carbocycles. The lowest BCUT2D eigenvalue weighted by Gasteiger charge is -2.35. The van der Waals surface area contributed by atoms with Crippen molar-refractivity contribution in [3.63, 3.8) is 0 Å². The van der Waals surface area contributed by atoms with Crippen molar-refractivity contribution in [2.45, 2.75) is 26.8 Å². The van der Waals surface area contributed by atoms with Gasteiger partial charge in [-0.3, -0.25) is 0 Å². The molecule has 102 valence electrons. The van der Waals surface area contributed by atoms with Gasteiger partial charge in [-0.2, -0.15) is 0 Å². The molecule has 0 aromatic heterocycles. The van der Waals surface area contributed by atoms with Crippen LogP contribution in [0.1, 0.15) is 31.0 Å². The van der Waals surface area contributed by atoms with Gasteiger partial charge in [0.05, 0.1) is 0 Å². The first-order valence-corrected chi connectivity index (χ1v) is 7.30. The van der Waals surface area contributed by atoms with Gasteiger partial charge in [0.1, 0.15) is 0 Å². The zero-order chi connectivity index (χ0) is 13.9. The molecule has 0 heterocycles. The SMILES string of the molecule is Cc1ccc(Br)cc1C(C(CN)C(C)C)N(C)C. The molecule has 1 rings (SSSR count). The molecule has 0 fully saturated rings. The number of hydrogen-bond donors (Lipinski definition) is 1. The highest BCUT2D eigenvalue weighted by molar-refractivity contribution is 9.10. The number of benzene rings is 1. The van der Waals surface area contributed by atoms with E-state index in [1.807, 2.05) is 0 Å². The molecule has 1 aromatic carbocycles. The Morgan fingerprint density at radius 2 is 1.89 bits per heavy atom. The molecule has 0 radical (unpaired) electrons. The number of hydrogen-bond acceptors (Lipinski definition) is 2. The van der Waals surface area contributed by atoms with E-state index in [1.54, 1.807) is 0 Å². The van der Waals surface area contributed by atoms with Gasteiger partial charge in [-0.1, -0.05) is 35.8 Å². The minimum Gasteiger partial charge on any atom is -0.330 e. The van der Waals surface area contributed by atoms with Crippen LogP contribution < -0.4 is 5.73 Å². The molecule has 18 heavy (non-hydrogen) atoms. The van der Waals surface area contributed by atoms with Crippen molar-refractivity contribution in [3.05, 3.63) is 33.8 Å². The molecule has 2 unspecified atom stereocenters. The fourth-order valence-corrected chi connectivity index (χ4v) is 2.97. The van der Waals surface area contributed by atoms with Crippen LogP contribution in [-0.2, 0) is 0 Å². The predicted molar refractivity (Wildman–Crippen MR) is 82.7 cm³/mol. The quantitative estimate of drug-likeness (QED) is 0.900. The van der Waals surface area contributed by atoms with Gasteiger partial charge in [0.25, 0.3) is 0 Å². The number of aryl methyl sites for hydroxylation is 1. The second-order valence-corrected chi connectivity index (χ2v) is 6.47. The van der Waals surface area contributed by atoms with Crippen LogP contribution in [0.3, 0.4) is 0 Å². The van der Waals surface area contributed by atoms with E-state index >= 15 is 0 Å². The van der Waals surface area contributed by atoms with Gasteiger partial charge in [-0.05, 0) is 62.7 Å². The highest BCUT2D eigenvalue weighted by atomic mass is 79.9. The molecule has 0 amide bonds. The molecule has 3 heteroatoms. The number of nitrogens with two attached hydrogens (primary N) is 1. The largest absolute Gasteiger partial charge is 0.330 e. The van der Waals surface area contributed by atoms with E-state index in [9.17, 15) is 0 Å². The topological polar surface area (TPSA) is 29.3 Å². The average Bonchev–Trinajstić information content (AvgIpc) is 2.28. The fourth-order valence-electron chi connectivity index (χ4n) is 2.59. The summed E-state index contributed by atoms with van der Waals surface area (Å²) in [5.74, 6) is 1.04. The number of halogens is 1. The Balaban J connectivity index is 3.23. The highest BCUT2D eigenvalue weighted by Gasteiger charge is 2.27. The Morgan fingerprint density at radius 3 is 2.33 bits per heavy atom. The third kappa shape index (κ3) is 3.56. The summed E-state index contributed by atoms with van der Waals surface area (Å²) in [6.07, 6.45) is 0. The lowest BCUT2D eigenvalue weighted by molar-refractivity contribution is 0.175. The highest BCUT2D eigenvalue weighted by Crippen LogP contribution is 2.34. The van der Waals surface area contributed by atoms with E-state index in [2.05, 4.69) is 73.9 Å². The van der Waals surface area contributed by atoms with E-state index < -0.39 is 0 Å². The maximum Gasteiger partial charge on any atom is 0.0387 e. The van der Waals surface area contributed by atoms with Crippen molar-refractivity contribution >= 4 is 15.9 Å². The molecule has 2 nitrogen and oxygen atoms in total. The molecular weight excluding hydrogens is 288 g/mol. The number of rotatable bonds is 5. The number of nitrogens with zero attached hydrogens (tertiary/aromatic N) is 1. The van der Waals surface area contributed by atoms with Crippen molar-refractivity contribution < 1.29 is 0 Å². The van der Waals surface area contributed by atoms with Crippen LogP contribution in [0.4, 0.5) is 0 Å².